The van der Waals surface area contributed by atoms with E-state index in [1.54, 1.807) is 24.3 Å². The maximum absolute atomic E-state index is 14.6. The number of anilines is 2. The lowest BCUT2D eigenvalue weighted by atomic mass is 10.1. The Hall–Kier alpha value is -2.89. The number of carbonyl (C=O) groups excluding carboxylic acids is 1. The molecule has 0 atom stereocenters. The average Bonchev–Trinajstić information content (AvgIpc) is 3.81. The highest BCUT2D eigenvalue weighted by molar-refractivity contribution is 6.42. The highest BCUT2D eigenvalue weighted by Gasteiger charge is 2.30. The van der Waals surface area contributed by atoms with Gasteiger partial charge in [0.15, 0.2) is 0 Å². The van der Waals surface area contributed by atoms with Crippen molar-refractivity contribution in [2.24, 2.45) is 5.92 Å². The number of halogens is 4. The molecule has 2 saturated carbocycles. The van der Waals surface area contributed by atoms with Crippen LogP contribution in [0.1, 0.15) is 42.1 Å². The molecule has 40 heavy (non-hydrogen) atoms. The molecule has 3 aromatic rings. The zero-order valence-corrected chi connectivity index (χ0v) is 23.7. The molecule has 2 aliphatic carbocycles. The van der Waals surface area contributed by atoms with Crippen molar-refractivity contribution in [3.63, 3.8) is 0 Å². The van der Waals surface area contributed by atoms with Gasteiger partial charge < -0.3 is 30.7 Å². The molecule has 3 aliphatic rings. The lowest BCUT2D eigenvalue weighted by molar-refractivity contribution is -0.117. The maximum Gasteiger partial charge on any atom is 0.341 e. The lowest BCUT2D eigenvalue weighted by Gasteiger charge is -2.30. The molecule has 13 heteroatoms. The summed E-state index contributed by atoms with van der Waals surface area (Å²) in [5, 5.41) is 16.4. The summed E-state index contributed by atoms with van der Waals surface area (Å²) >= 11 is 11.6. The van der Waals surface area contributed by atoms with Crippen LogP contribution in [0.2, 0.25) is 10.0 Å². The molecule has 2 heterocycles. The zero-order valence-electron chi connectivity index (χ0n) is 21.4. The van der Waals surface area contributed by atoms with Gasteiger partial charge in [0, 0.05) is 55.4 Å². The summed E-state index contributed by atoms with van der Waals surface area (Å²) in [6, 6.07) is 8.15. The van der Waals surface area contributed by atoms with E-state index in [1.807, 2.05) is 9.47 Å². The molecule has 6 rings (SSSR count). The second-order valence-corrected chi connectivity index (χ2v) is 10.6. The van der Waals surface area contributed by atoms with Crippen LogP contribution in [0.15, 0.2) is 41.3 Å². The maximum atomic E-state index is 14.6. The van der Waals surface area contributed by atoms with Crippen LogP contribution in [0.3, 0.4) is 0 Å². The first kappa shape index (κ1) is 31.6. The van der Waals surface area contributed by atoms with E-state index in [1.165, 1.54) is 12.3 Å². The number of fused-ring (bicyclic) bond motifs is 1. The minimum Gasteiger partial charge on any atom is -0.477 e. The molecule has 1 aromatic heterocycles. The van der Waals surface area contributed by atoms with Crippen molar-refractivity contribution in [2.45, 2.75) is 31.7 Å². The molecule has 1 amide bonds. The van der Waals surface area contributed by atoms with E-state index in [-0.39, 0.29) is 46.7 Å². The minimum absolute atomic E-state index is 0. The standard InChI is InChI=1S/C17H18FN3O3.C10H9Cl2NO.ClH.H2O/c18-13-7-11-14(8-15(13)20-5-3-19-4-6-20)21(10-1-2-10)9-12(16(11)22)17(23)24;11-8-4-3-7(5-9(8)12)13-10(14)6-1-2-6;;/h7-10,19H,1-6H2,(H,23,24);3-6H,1-2H2,(H,13,14);1H;1H2. The van der Waals surface area contributed by atoms with Gasteiger partial charge in [-0.2, -0.15) is 0 Å². The van der Waals surface area contributed by atoms with E-state index >= 15 is 0 Å². The third-order valence-electron chi connectivity index (χ3n) is 6.86. The summed E-state index contributed by atoms with van der Waals surface area (Å²) in [5.41, 5.74) is 0.864. The Kier molecular flexibility index (Phi) is 10.4. The van der Waals surface area contributed by atoms with Crippen molar-refractivity contribution in [1.82, 2.24) is 9.88 Å². The number of aromatic carboxylic acids is 1. The number of nitrogens with one attached hydrogen (secondary N) is 2. The predicted molar refractivity (Wildman–Crippen MR) is 157 cm³/mol. The number of hydrogen-bond donors (Lipinski definition) is 3. The number of carboxylic acid groups (broad SMARTS) is 1. The molecular weight excluding hydrogens is 586 g/mol. The van der Waals surface area contributed by atoms with Gasteiger partial charge in [0.2, 0.25) is 11.3 Å². The minimum atomic E-state index is -1.28. The van der Waals surface area contributed by atoms with Crippen molar-refractivity contribution in [1.29, 1.82) is 0 Å². The van der Waals surface area contributed by atoms with Crippen LogP contribution in [-0.2, 0) is 4.79 Å². The van der Waals surface area contributed by atoms with Gasteiger partial charge in [-0.3, -0.25) is 9.59 Å². The van der Waals surface area contributed by atoms with Gasteiger partial charge in [0.05, 0.1) is 21.2 Å². The van der Waals surface area contributed by atoms with Crippen LogP contribution in [0.4, 0.5) is 15.8 Å². The smallest absolute Gasteiger partial charge is 0.341 e. The quantitative estimate of drug-likeness (QED) is 0.386. The molecule has 216 valence electrons. The van der Waals surface area contributed by atoms with Crippen LogP contribution in [0.5, 0.6) is 0 Å². The third-order valence-corrected chi connectivity index (χ3v) is 7.60. The van der Waals surface area contributed by atoms with E-state index in [4.69, 9.17) is 23.2 Å². The summed E-state index contributed by atoms with van der Waals surface area (Å²) in [4.78, 5) is 37.1. The highest BCUT2D eigenvalue weighted by Crippen LogP contribution is 2.38. The van der Waals surface area contributed by atoms with E-state index < -0.39 is 17.2 Å². The normalized spacial score (nSPS) is 16.2. The molecule has 1 aliphatic heterocycles. The molecule has 0 bridgehead atoms. The Morgan fingerprint density at radius 3 is 2.27 bits per heavy atom. The number of piperazine rings is 1. The lowest BCUT2D eigenvalue weighted by Crippen LogP contribution is -2.43. The van der Waals surface area contributed by atoms with E-state index in [2.05, 4.69) is 10.6 Å². The Morgan fingerprint density at radius 2 is 1.70 bits per heavy atom. The predicted octanol–water partition coefficient (Wildman–Crippen LogP) is 4.52. The second kappa shape index (κ2) is 13.2. The summed E-state index contributed by atoms with van der Waals surface area (Å²) in [6.07, 6.45) is 5.28. The van der Waals surface area contributed by atoms with Crippen LogP contribution < -0.4 is 21.0 Å². The summed E-state index contributed by atoms with van der Waals surface area (Å²) in [6.45, 7) is 2.96. The number of pyridine rings is 1. The van der Waals surface area contributed by atoms with Crippen molar-refractivity contribution < 1.29 is 24.6 Å². The topological polar surface area (TPSA) is 135 Å². The van der Waals surface area contributed by atoms with Crippen molar-refractivity contribution >= 4 is 69.8 Å². The number of carboxylic acids is 1. The first-order valence-electron chi connectivity index (χ1n) is 12.6. The number of rotatable bonds is 5. The SMILES string of the molecule is Cl.O.O=C(Nc1ccc(Cl)c(Cl)c1)C1CC1.O=C(O)c1cn(C2CC2)c2cc(N3CCNCC3)c(F)cc2c1=O. The summed E-state index contributed by atoms with van der Waals surface area (Å²) in [5.74, 6) is -1.48. The second-order valence-electron chi connectivity index (χ2n) is 9.77. The number of aromatic nitrogens is 1. The van der Waals surface area contributed by atoms with Crippen molar-refractivity contribution in [3.8, 4) is 0 Å². The van der Waals surface area contributed by atoms with Gasteiger partial charge >= 0.3 is 5.97 Å². The Balaban J connectivity index is 0.000000238. The van der Waals surface area contributed by atoms with Gasteiger partial charge in [-0.25, -0.2) is 9.18 Å². The van der Waals surface area contributed by atoms with Crippen LogP contribution >= 0.6 is 35.6 Å². The highest BCUT2D eigenvalue weighted by atomic mass is 35.5. The fourth-order valence-electron chi connectivity index (χ4n) is 4.48. The van der Waals surface area contributed by atoms with E-state index in [9.17, 15) is 23.9 Å². The molecule has 0 spiro atoms. The van der Waals surface area contributed by atoms with Gasteiger partial charge in [-0.1, -0.05) is 23.2 Å². The van der Waals surface area contributed by atoms with Crippen LogP contribution in [0, 0.1) is 11.7 Å². The van der Waals surface area contributed by atoms with Gasteiger partial charge in [0.1, 0.15) is 11.4 Å². The molecule has 3 fully saturated rings. The van der Waals surface area contributed by atoms with E-state index in [0.717, 1.165) is 38.8 Å². The number of hydrogen-bond acceptors (Lipinski definition) is 5. The number of carbonyl (C=O) groups is 2. The molecule has 1 saturated heterocycles. The Bertz CT molecular complexity index is 1470. The number of nitrogens with zero attached hydrogens (tertiary/aromatic N) is 2. The Morgan fingerprint density at radius 1 is 1.02 bits per heavy atom. The number of benzene rings is 2. The number of amides is 1. The van der Waals surface area contributed by atoms with Gasteiger partial charge in [-0.05, 0) is 56.0 Å². The first-order chi connectivity index (χ1) is 18.2. The molecule has 2 aromatic carbocycles. The molecule has 5 N–H and O–H groups in total. The molecule has 0 radical (unpaired) electrons. The van der Waals surface area contributed by atoms with Crippen molar-refractivity contribution in [3.05, 3.63) is 68.2 Å². The summed E-state index contributed by atoms with van der Waals surface area (Å²) in [7, 11) is 0. The van der Waals surface area contributed by atoms with E-state index in [0.29, 0.717) is 40.0 Å². The molecular formula is C27H30Cl3FN4O5. The summed E-state index contributed by atoms with van der Waals surface area (Å²) < 4.78 is 16.4. The van der Waals surface area contributed by atoms with Gasteiger partial charge in [-0.15, -0.1) is 12.4 Å². The Labute approximate surface area is 246 Å². The van der Waals surface area contributed by atoms with Gasteiger partial charge in [0.25, 0.3) is 0 Å². The fraction of sp³-hybridized carbons (Fsp3) is 0.370. The molecule has 0 unspecified atom stereocenters. The fourth-order valence-corrected chi connectivity index (χ4v) is 4.78. The third kappa shape index (κ3) is 7.05. The van der Waals surface area contributed by atoms with Crippen LogP contribution in [0.25, 0.3) is 10.9 Å². The zero-order chi connectivity index (χ0) is 27.0. The monoisotopic (exact) mass is 614 g/mol. The van der Waals surface area contributed by atoms with Crippen LogP contribution in [-0.4, -0.2) is 53.2 Å². The average molecular weight is 616 g/mol. The largest absolute Gasteiger partial charge is 0.477 e. The molecule has 9 nitrogen and oxygen atoms in total. The first-order valence-corrected chi connectivity index (χ1v) is 13.3. The van der Waals surface area contributed by atoms with Crippen molar-refractivity contribution in [2.75, 3.05) is 36.4 Å².